The summed E-state index contributed by atoms with van der Waals surface area (Å²) in [6, 6.07) is 21.0. The lowest BCUT2D eigenvalue weighted by atomic mass is 10.0. The largest absolute Gasteiger partial charge is 0.391 e. The van der Waals surface area contributed by atoms with Crippen LogP contribution in [0.15, 0.2) is 60.7 Å². The van der Waals surface area contributed by atoms with Crippen molar-refractivity contribution in [3.8, 4) is 0 Å². The number of rotatable bonds is 9. The Balaban J connectivity index is 1.53. The molecule has 2 N–H and O–H groups in total. The van der Waals surface area contributed by atoms with Gasteiger partial charge < -0.3 is 15.2 Å². The highest BCUT2D eigenvalue weighted by Gasteiger charge is 2.16. The second-order valence-electron chi connectivity index (χ2n) is 6.96. The lowest BCUT2D eigenvalue weighted by molar-refractivity contribution is 0.0359. The topological polar surface area (TPSA) is 44.7 Å². The molecule has 0 saturated carbocycles. The fourth-order valence-electron chi connectivity index (χ4n) is 3.45. The van der Waals surface area contributed by atoms with Crippen molar-refractivity contribution in [2.75, 3.05) is 39.4 Å². The normalized spacial score (nSPS) is 17.7. The van der Waals surface area contributed by atoms with Gasteiger partial charge in [0, 0.05) is 32.2 Å². The minimum atomic E-state index is -0.382. The number of hydrogen-bond donors (Lipinski definition) is 2. The van der Waals surface area contributed by atoms with E-state index in [-0.39, 0.29) is 12.1 Å². The number of nitrogens with one attached hydrogen (secondary N) is 1. The number of ether oxygens (including phenoxy) is 1. The van der Waals surface area contributed by atoms with E-state index in [0.717, 1.165) is 39.3 Å². The molecule has 1 saturated heterocycles. The molecule has 0 unspecified atom stereocenters. The molecule has 3 rings (SSSR count). The molecule has 0 spiro atoms. The van der Waals surface area contributed by atoms with E-state index in [2.05, 4.69) is 46.6 Å². The van der Waals surface area contributed by atoms with Gasteiger partial charge in [-0.3, -0.25) is 4.90 Å². The van der Waals surface area contributed by atoms with Gasteiger partial charge in [-0.25, -0.2) is 0 Å². The first-order valence-electron chi connectivity index (χ1n) is 9.61. The van der Waals surface area contributed by atoms with E-state index in [1.54, 1.807) is 0 Å². The lowest BCUT2D eigenvalue weighted by Crippen LogP contribution is -2.39. The molecule has 0 amide bonds. The number of aliphatic hydroxyl groups is 1. The molecule has 2 atom stereocenters. The summed E-state index contributed by atoms with van der Waals surface area (Å²) in [6.07, 6.45) is 1.33. The SMILES string of the molecule is O[C@H](CN[C@H](CCN1CCOCC1)c1ccccc1)Cc1ccccc1. The third-order valence-electron chi connectivity index (χ3n) is 4.95. The number of benzene rings is 2. The van der Waals surface area contributed by atoms with Gasteiger partial charge in [-0.05, 0) is 24.0 Å². The van der Waals surface area contributed by atoms with Gasteiger partial charge in [-0.1, -0.05) is 60.7 Å². The minimum Gasteiger partial charge on any atom is -0.391 e. The predicted octanol–water partition coefficient (Wildman–Crippen LogP) is 2.64. The Labute approximate surface area is 156 Å². The van der Waals surface area contributed by atoms with Crippen LogP contribution in [0.2, 0.25) is 0 Å². The summed E-state index contributed by atoms with van der Waals surface area (Å²) in [7, 11) is 0. The van der Waals surface area contributed by atoms with Crippen LogP contribution >= 0.6 is 0 Å². The molecule has 1 heterocycles. The van der Waals surface area contributed by atoms with Crippen molar-refractivity contribution in [3.63, 3.8) is 0 Å². The summed E-state index contributed by atoms with van der Waals surface area (Å²) in [5, 5.41) is 14.0. The van der Waals surface area contributed by atoms with Crippen molar-refractivity contribution in [2.24, 2.45) is 0 Å². The van der Waals surface area contributed by atoms with Crippen LogP contribution in [0.1, 0.15) is 23.6 Å². The summed E-state index contributed by atoms with van der Waals surface area (Å²) in [5.41, 5.74) is 2.46. The van der Waals surface area contributed by atoms with Crippen molar-refractivity contribution in [1.29, 1.82) is 0 Å². The van der Waals surface area contributed by atoms with Crippen molar-refractivity contribution >= 4 is 0 Å². The average Bonchev–Trinajstić information content (AvgIpc) is 2.70. The zero-order valence-electron chi connectivity index (χ0n) is 15.4. The fraction of sp³-hybridized carbons (Fsp3) is 0.455. The second-order valence-corrected chi connectivity index (χ2v) is 6.96. The zero-order valence-corrected chi connectivity index (χ0v) is 15.4. The molecule has 0 radical (unpaired) electrons. The van der Waals surface area contributed by atoms with E-state index >= 15 is 0 Å². The summed E-state index contributed by atoms with van der Waals surface area (Å²) >= 11 is 0. The van der Waals surface area contributed by atoms with Gasteiger partial charge in [0.1, 0.15) is 0 Å². The smallest absolute Gasteiger partial charge is 0.0705 e. The number of morpholine rings is 1. The van der Waals surface area contributed by atoms with E-state index in [0.29, 0.717) is 13.0 Å². The Morgan fingerprint density at radius 1 is 0.962 bits per heavy atom. The van der Waals surface area contributed by atoms with Gasteiger partial charge in [0.2, 0.25) is 0 Å². The van der Waals surface area contributed by atoms with Crippen LogP contribution in [0.4, 0.5) is 0 Å². The lowest BCUT2D eigenvalue weighted by Gasteiger charge is -2.29. The highest BCUT2D eigenvalue weighted by atomic mass is 16.5. The van der Waals surface area contributed by atoms with E-state index in [1.165, 1.54) is 11.1 Å². The molecule has 1 aliphatic heterocycles. The third-order valence-corrected chi connectivity index (χ3v) is 4.95. The van der Waals surface area contributed by atoms with Crippen LogP contribution in [0.3, 0.4) is 0 Å². The molecule has 4 nitrogen and oxygen atoms in total. The van der Waals surface area contributed by atoms with Crippen molar-refractivity contribution in [3.05, 3.63) is 71.8 Å². The standard InChI is InChI=1S/C22H30N2O2/c25-21(17-19-7-3-1-4-8-19)18-23-22(20-9-5-2-6-10-20)11-12-24-13-15-26-16-14-24/h1-10,21-23,25H,11-18H2/t21-,22+/m0/s1. The van der Waals surface area contributed by atoms with Crippen molar-refractivity contribution in [1.82, 2.24) is 10.2 Å². The summed E-state index contributed by atoms with van der Waals surface area (Å²) < 4.78 is 5.44. The monoisotopic (exact) mass is 354 g/mol. The van der Waals surface area contributed by atoms with Crippen LogP contribution in [0.25, 0.3) is 0 Å². The Morgan fingerprint density at radius 3 is 2.31 bits per heavy atom. The molecule has 0 aromatic heterocycles. The van der Waals surface area contributed by atoms with E-state index in [4.69, 9.17) is 4.74 Å². The number of nitrogens with zero attached hydrogens (tertiary/aromatic N) is 1. The molecule has 2 aromatic carbocycles. The minimum absolute atomic E-state index is 0.254. The second kappa shape index (κ2) is 10.4. The Kier molecular flexibility index (Phi) is 7.65. The highest BCUT2D eigenvalue weighted by molar-refractivity contribution is 5.19. The highest BCUT2D eigenvalue weighted by Crippen LogP contribution is 2.18. The predicted molar refractivity (Wildman–Crippen MR) is 105 cm³/mol. The molecule has 1 fully saturated rings. The van der Waals surface area contributed by atoms with Crippen LogP contribution in [-0.4, -0.2) is 55.5 Å². The zero-order chi connectivity index (χ0) is 18.0. The third kappa shape index (κ3) is 6.22. The van der Waals surface area contributed by atoms with Crippen LogP contribution in [0.5, 0.6) is 0 Å². The molecule has 140 valence electrons. The molecular formula is C22H30N2O2. The molecule has 4 heteroatoms. The van der Waals surface area contributed by atoms with Gasteiger partial charge in [0.15, 0.2) is 0 Å². The van der Waals surface area contributed by atoms with E-state index in [1.807, 2.05) is 24.3 Å². The van der Waals surface area contributed by atoms with E-state index in [9.17, 15) is 5.11 Å². The quantitative estimate of drug-likeness (QED) is 0.727. The first-order valence-corrected chi connectivity index (χ1v) is 9.61. The first kappa shape index (κ1) is 19.1. The Morgan fingerprint density at radius 2 is 1.62 bits per heavy atom. The average molecular weight is 354 g/mol. The summed E-state index contributed by atoms with van der Waals surface area (Å²) in [5.74, 6) is 0. The van der Waals surface area contributed by atoms with Crippen LogP contribution in [-0.2, 0) is 11.2 Å². The Bertz CT molecular complexity index is 615. The first-order chi connectivity index (χ1) is 12.8. The van der Waals surface area contributed by atoms with Crippen LogP contribution in [0, 0.1) is 0 Å². The Hall–Kier alpha value is -1.72. The van der Waals surface area contributed by atoms with Gasteiger partial charge in [0.25, 0.3) is 0 Å². The maximum absolute atomic E-state index is 10.4. The maximum Gasteiger partial charge on any atom is 0.0705 e. The molecule has 0 aliphatic carbocycles. The molecular weight excluding hydrogens is 324 g/mol. The molecule has 1 aliphatic rings. The van der Waals surface area contributed by atoms with Gasteiger partial charge >= 0.3 is 0 Å². The maximum atomic E-state index is 10.4. The molecule has 2 aromatic rings. The van der Waals surface area contributed by atoms with Gasteiger partial charge in [-0.15, -0.1) is 0 Å². The van der Waals surface area contributed by atoms with E-state index < -0.39 is 0 Å². The number of aliphatic hydroxyl groups excluding tert-OH is 1. The van der Waals surface area contributed by atoms with Crippen molar-refractivity contribution in [2.45, 2.75) is 25.0 Å². The molecule has 0 bridgehead atoms. The van der Waals surface area contributed by atoms with Crippen molar-refractivity contribution < 1.29 is 9.84 Å². The summed E-state index contributed by atoms with van der Waals surface area (Å²) in [4.78, 5) is 2.46. The molecule has 26 heavy (non-hydrogen) atoms. The van der Waals surface area contributed by atoms with Gasteiger partial charge in [-0.2, -0.15) is 0 Å². The number of hydrogen-bond acceptors (Lipinski definition) is 4. The fourth-order valence-corrected chi connectivity index (χ4v) is 3.45. The van der Waals surface area contributed by atoms with Crippen LogP contribution < -0.4 is 5.32 Å². The summed E-state index contributed by atoms with van der Waals surface area (Å²) in [6.45, 7) is 5.33. The van der Waals surface area contributed by atoms with Gasteiger partial charge in [0.05, 0.1) is 19.3 Å².